The number of ether oxygens (including phenoxy) is 2. The molecule has 0 saturated heterocycles. The molecule has 1 aliphatic rings. The van der Waals surface area contributed by atoms with Crippen molar-refractivity contribution in [3.05, 3.63) is 52.0 Å². The van der Waals surface area contributed by atoms with Crippen molar-refractivity contribution in [1.82, 2.24) is 4.31 Å². The van der Waals surface area contributed by atoms with Crippen LogP contribution in [-0.4, -0.2) is 33.0 Å². The average molecular weight is 388 g/mol. The van der Waals surface area contributed by atoms with E-state index in [2.05, 4.69) is 0 Å². The molecule has 0 unspecified atom stereocenters. The van der Waals surface area contributed by atoms with E-state index in [1.165, 1.54) is 23.5 Å². The lowest BCUT2D eigenvalue weighted by molar-refractivity contribution is 0.171. The van der Waals surface area contributed by atoms with Gasteiger partial charge in [0.15, 0.2) is 11.5 Å². The summed E-state index contributed by atoms with van der Waals surface area (Å²) in [4.78, 5) is -0.0169. The summed E-state index contributed by atoms with van der Waals surface area (Å²) in [6, 6.07) is 9.72. The molecule has 5 nitrogen and oxygen atoms in total. The fraction of sp³-hybridized carbons (Fsp3) is 0.250. The zero-order valence-electron chi connectivity index (χ0n) is 12.8. The minimum Gasteiger partial charge on any atom is -0.486 e. The number of fused-ring (bicyclic) bond motifs is 1. The van der Waals surface area contributed by atoms with E-state index >= 15 is 0 Å². The molecule has 1 heterocycles. The molecule has 8 heteroatoms. The molecule has 0 fully saturated rings. The van der Waals surface area contributed by atoms with Gasteiger partial charge in [-0.15, -0.1) is 0 Å². The minimum absolute atomic E-state index is 0.0169. The van der Waals surface area contributed by atoms with Gasteiger partial charge in [0.25, 0.3) is 0 Å². The summed E-state index contributed by atoms with van der Waals surface area (Å²) in [6.45, 7) is 1.15. The number of nitrogens with zero attached hydrogens (tertiary/aromatic N) is 1. The van der Waals surface area contributed by atoms with Crippen molar-refractivity contribution in [1.29, 1.82) is 0 Å². The first-order chi connectivity index (χ1) is 11.4. The Morgan fingerprint density at radius 3 is 2.50 bits per heavy atom. The second-order valence-electron chi connectivity index (χ2n) is 5.31. The van der Waals surface area contributed by atoms with Gasteiger partial charge in [0.2, 0.25) is 10.0 Å². The van der Waals surface area contributed by atoms with Crippen LogP contribution in [0.1, 0.15) is 5.56 Å². The van der Waals surface area contributed by atoms with Crippen LogP contribution in [0.4, 0.5) is 0 Å². The second kappa shape index (κ2) is 6.80. The van der Waals surface area contributed by atoms with Crippen molar-refractivity contribution in [2.75, 3.05) is 20.3 Å². The molecule has 0 atom stereocenters. The summed E-state index contributed by atoms with van der Waals surface area (Å²) < 4.78 is 37.6. The largest absolute Gasteiger partial charge is 0.486 e. The van der Waals surface area contributed by atoms with E-state index in [9.17, 15) is 8.42 Å². The van der Waals surface area contributed by atoms with Crippen molar-refractivity contribution in [2.45, 2.75) is 11.4 Å². The maximum absolute atomic E-state index is 12.7. The maximum atomic E-state index is 12.7. The van der Waals surface area contributed by atoms with E-state index in [0.29, 0.717) is 29.7 Å². The topological polar surface area (TPSA) is 55.8 Å². The molecule has 24 heavy (non-hydrogen) atoms. The highest BCUT2D eigenvalue weighted by molar-refractivity contribution is 7.89. The lowest BCUT2D eigenvalue weighted by Crippen LogP contribution is -2.27. The van der Waals surface area contributed by atoms with Gasteiger partial charge < -0.3 is 9.47 Å². The third-order valence-electron chi connectivity index (χ3n) is 3.59. The highest BCUT2D eigenvalue weighted by Gasteiger charge is 2.24. The van der Waals surface area contributed by atoms with Crippen LogP contribution in [0, 0.1) is 0 Å². The number of hydrogen-bond donors (Lipinski definition) is 0. The fourth-order valence-corrected chi connectivity index (χ4v) is 4.26. The zero-order valence-corrected chi connectivity index (χ0v) is 15.2. The highest BCUT2D eigenvalue weighted by Crippen LogP contribution is 2.32. The summed E-state index contributed by atoms with van der Waals surface area (Å²) in [7, 11) is -2.28. The Bertz CT molecular complexity index is 870. The Balaban J connectivity index is 1.86. The molecule has 2 aromatic carbocycles. The smallest absolute Gasteiger partial charge is 0.244 e. The number of rotatable bonds is 4. The molecule has 0 spiro atoms. The first kappa shape index (κ1) is 17.4. The zero-order chi connectivity index (χ0) is 17.3. The van der Waals surface area contributed by atoms with Crippen LogP contribution < -0.4 is 9.47 Å². The molecule has 0 N–H and O–H groups in total. The van der Waals surface area contributed by atoms with Gasteiger partial charge in [0, 0.05) is 18.6 Å². The van der Waals surface area contributed by atoms with Gasteiger partial charge >= 0.3 is 0 Å². The molecule has 128 valence electrons. The molecule has 0 aliphatic carbocycles. The van der Waals surface area contributed by atoms with Gasteiger partial charge in [-0.1, -0.05) is 29.3 Å². The first-order valence-corrected chi connectivity index (χ1v) is 9.37. The van der Waals surface area contributed by atoms with Gasteiger partial charge in [-0.25, -0.2) is 8.42 Å². The third-order valence-corrected chi connectivity index (χ3v) is 6.11. The Morgan fingerprint density at radius 1 is 1.04 bits per heavy atom. The van der Waals surface area contributed by atoms with Crippen LogP contribution in [0.3, 0.4) is 0 Å². The normalized spacial score (nSPS) is 14.0. The molecule has 0 bridgehead atoms. The maximum Gasteiger partial charge on any atom is 0.244 e. The molecular formula is C16H15Cl2NO4S. The minimum atomic E-state index is -3.77. The van der Waals surface area contributed by atoms with Gasteiger partial charge in [-0.05, 0) is 35.9 Å². The Kier molecular flexibility index (Phi) is 4.92. The molecule has 3 rings (SSSR count). The van der Waals surface area contributed by atoms with Crippen molar-refractivity contribution in [3.63, 3.8) is 0 Å². The van der Waals surface area contributed by atoms with Crippen LogP contribution in [-0.2, 0) is 16.6 Å². The summed E-state index contributed by atoms with van der Waals surface area (Å²) in [5.41, 5.74) is 0.781. The SMILES string of the molecule is CN(Cc1ccc2c(c1)OCCO2)S(=O)(=O)c1cc(Cl)ccc1Cl. The molecule has 0 aromatic heterocycles. The van der Waals surface area contributed by atoms with Gasteiger partial charge in [-0.3, -0.25) is 0 Å². The second-order valence-corrected chi connectivity index (χ2v) is 8.17. The summed E-state index contributed by atoms with van der Waals surface area (Å²) >= 11 is 11.9. The summed E-state index contributed by atoms with van der Waals surface area (Å²) in [5.74, 6) is 1.28. The van der Waals surface area contributed by atoms with E-state index in [1.807, 2.05) is 0 Å². The summed E-state index contributed by atoms with van der Waals surface area (Å²) in [6.07, 6.45) is 0. The highest BCUT2D eigenvalue weighted by atomic mass is 35.5. The van der Waals surface area contributed by atoms with E-state index in [-0.39, 0.29) is 16.5 Å². The molecule has 1 aliphatic heterocycles. The van der Waals surface area contributed by atoms with Crippen molar-refractivity contribution in [2.24, 2.45) is 0 Å². The van der Waals surface area contributed by atoms with E-state index in [1.54, 1.807) is 24.3 Å². The van der Waals surface area contributed by atoms with Crippen molar-refractivity contribution >= 4 is 33.2 Å². The average Bonchev–Trinajstić information content (AvgIpc) is 2.56. The molecule has 2 aromatic rings. The predicted molar refractivity (Wildman–Crippen MR) is 92.5 cm³/mol. The van der Waals surface area contributed by atoms with Crippen LogP contribution in [0.2, 0.25) is 10.0 Å². The van der Waals surface area contributed by atoms with E-state index < -0.39 is 10.0 Å². The number of benzene rings is 2. The lowest BCUT2D eigenvalue weighted by Gasteiger charge is -2.21. The third kappa shape index (κ3) is 3.47. The quantitative estimate of drug-likeness (QED) is 0.804. The molecule has 0 amide bonds. The van der Waals surface area contributed by atoms with Crippen molar-refractivity contribution < 1.29 is 17.9 Å². The van der Waals surface area contributed by atoms with Crippen LogP contribution in [0.25, 0.3) is 0 Å². The van der Waals surface area contributed by atoms with E-state index in [0.717, 1.165) is 5.56 Å². The fourth-order valence-electron chi connectivity index (χ4n) is 2.37. The Hall–Kier alpha value is -1.47. The summed E-state index contributed by atoms with van der Waals surface area (Å²) in [5, 5.41) is 0.444. The molecule has 0 radical (unpaired) electrons. The monoisotopic (exact) mass is 387 g/mol. The van der Waals surface area contributed by atoms with E-state index in [4.69, 9.17) is 32.7 Å². The standard InChI is InChI=1S/C16H15Cl2NO4S/c1-19(24(20,21)16-9-12(17)3-4-13(16)18)10-11-2-5-14-15(8-11)23-7-6-22-14/h2-5,8-9H,6-7,10H2,1H3. The van der Waals surface area contributed by atoms with Crippen LogP contribution in [0.15, 0.2) is 41.3 Å². The number of hydrogen-bond acceptors (Lipinski definition) is 4. The number of halogens is 2. The van der Waals surface area contributed by atoms with Crippen LogP contribution >= 0.6 is 23.2 Å². The lowest BCUT2D eigenvalue weighted by atomic mass is 10.2. The predicted octanol–water partition coefficient (Wildman–Crippen LogP) is 3.59. The van der Waals surface area contributed by atoms with Crippen LogP contribution in [0.5, 0.6) is 11.5 Å². The van der Waals surface area contributed by atoms with Crippen molar-refractivity contribution in [3.8, 4) is 11.5 Å². The number of sulfonamides is 1. The van der Waals surface area contributed by atoms with Gasteiger partial charge in [-0.2, -0.15) is 4.31 Å². The Morgan fingerprint density at radius 2 is 1.75 bits per heavy atom. The molecular weight excluding hydrogens is 373 g/mol. The first-order valence-electron chi connectivity index (χ1n) is 7.18. The van der Waals surface area contributed by atoms with Gasteiger partial charge in [0.05, 0.1) is 5.02 Å². The Labute approximate surface area is 150 Å². The van der Waals surface area contributed by atoms with Gasteiger partial charge in [0.1, 0.15) is 18.1 Å². The molecule has 0 saturated carbocycles.